The second kappa shape index (κ2) is 4.73. The Morgan fingerprint density at radius 1 is 1.18 bits per heavy atom. The molecule has 0 spiro atoms. The Labute approximate surface area is 70.2 Å². The Kier molecular flexibility index (Phi) is 4.69. The van der Waals surface area contributed by atoms with Crippen molar-refractivity contribution >= 4 is 0 Å². The van der Waals surface area contributed by atoms with Crippen LogP contribution in [-0.2, 0) is 0 Å². The fourth-order valence-corrected chi connectivity index (χ4v) is 1.17. The Bertz CT molecular complexity index is 102. The van der Waals surface area contributed by atoms with Gasteiger partial charge in [0.2, 0.25) is 0 Å². The highest BCUT2D eigenvalue weighted by Gasteiger charge is 2.13. The Balaban J connectivity index is 3.73. The minimum atomic E-state index is -0.189. The first-order valence-corrected chi connectivity index (χ1v) is 4.35. The summed E-state index contributed by atoms with van der Waals surface area (Å²) >= 11 is 0. The van der Waals surface area contributed by atoms with Gasteiger partial charge in [-0.25, -0.2) is 0 Å². The zero-order valence-corrected chi connectivity index (χ0v) is 8.33. The van der Waals surface area contributed by atoms with Crippen molar-refractivity contribution in [2.24, 2.45) is 0 Å². The van der Waals surface area contributed by atoms with E-state index in [0.717, 1.165) is 6.42 Å². The van der Waals surface area contributed by atoms with Gasteiger partial charge >= 0.3 is 0 Å². The van der Waals surface area contributed by atoms with Crippen LogP contribution in [0.15, 0.2) is 0 Å². The van der Waals surface area contributed by atoms with E-state index >= 15 is 0 Å². The first-order valence-electron chi connectivity index (χ1n) is 4.35. The molecule has 2 heteroatoms. The van der Waals surface area contributed by atoms with Gasteiger partial charge < -0.3 is 10.0 Å². The summed E-state index contributed by atoms with van der Waals surface area (Å²) < 4.78 is 0. The van der Waals surface area contributed by atoms with Crippen LogP contribution in [0, 0.1) is 0 Å². The molecule has 0 fully saturated rings. The third kappa shape index (κ3) is 4.38. The van der Waals surface area contributed by atoms with Crippen molar-refractivity contribution in [3.8, 4) is 0 Å². The van der Waals surface area contributed by atoms with Crippen LogP contribution in [-0.4, -0.2) is 35.2 Å². The summed E-state index contributed by atoms with van der Waals surface area (Å²) in [7, 11) is 2.09. The van der Waals surface area contributed by atoms with Gasteiger partial charge in [-0.3, -0.25) is 0 Å². The van der Waals surface area contributed by atoms with Crippen molar-refractivity contribution < 1.29 is 5.11 Å². The quantitative estimate of drug-likeness (QED) is 0.671. The lowest BCUT2D eigenvalue weighted by atomic mass is 10.1. The minimum Gasteiger partial charge on any atom is -0.393 e. The lowest BCUT2D eigenvalue weighted by Crippen LogP contribution is -2.36. The highest BCUT2D eigenvalue weighted by molar-refractivity contribution is 4.68. The van der Waals surface area contributed by atoms with Crippen LogP contribution in [0.25, 0.3) is 0 Å². The van der Waals surface area contributed by atoms with E-state index < -0.39 is 0 Å². The van der Waals surface area contributed by atoms with Gasteiger partial charge in [0.1, 0.15) is 0 Å². The maximum Gasteiger partial charge on any atom is 0.0526 e. The average molecular weight is 159 g/mol. The van der Waals surface area contributed by atoms with E-state index in [1.807, 2.05) is 6.92 Å². The molecule has 0 saturated carbocycles. The fraction of sp³-hybridized carbons (Fsp3) is 1.00. The molecule has 68 valence electrons. The van der Waals surface area contributed by atoms with Gasteiger partial charge in [-0.2, -0.15) is 0 Å². The van der Waals surface area contributed by atoms with Crippen LogP contribution in [0.5, 0.6) is 0 Å². The van der Waals surface area contributed by atoms with E-state index in [1.54, 1.807) is 0 Å². The van der Waals surface area contributed by atoms with E-state index in [1.165, 1.54) is 0 Å². The summed E-state index contributed by atoms with van der Waals surface area (Å²) in [4.78, 5) is 2.27. The first-order chi connectivity index (χ1) is 4.95. The summed E-state index contributed by atoms with van der Waals surface area (Å²) in [6.45, 7) is 8.31. The molecular weight excluding hydrogens is 138 g/mol. The largest absolute Gasteiger partial charge is 0.393 e. The molecule has 0 heterocycles. The molecule has 0 rings (SSSR count). The Morgan fingerprint density at radius 2 is 1.64 bits per heavy atom. The van der Waals surface area contributed by atoms with Crippen molar-refractivity contribution in [1.29, 1.82) is 0 Å². The number of aliphatic hydroxyl groups excluding tert-OH is 1. The summed E-state index contributed by atoms with van der Waals surface area (Å²) in [5, 5.41) is 9.13. The molecule has 0 aliphatic carbocycles. The highest BCUT2D eigenvalue weighted by atomic mass is 16.3. The first kappa shape index (κ1) is 10.9. The molecule has 0 aliphatic rings. The molecule has 2 atom stereocenters. The van der Waals surface area contributed by atoms with Crippen molar-refractivity contribution in [2.75, 3.05) is 7.05 Å². The lowest BCUT2D eigenvalue weighted by molar-refractivity contribution is 0.119. The van der Waals surface area contributed by atoms with Gasteiger partial charge in [-0.1, -0.05) is 0 Å². The maximum absolute atomic E-state index is 9.13. The van der Waals surface area contributed by atoms with Crippen LogP contribution < -0.4 is 0 Å². The molecule has 2 unspecified atom stereocenters. The number of hydrogen-bond acceptors (Lipinski definition) is 2. The van der Waals surface area contributed by atoms with E-state index in [9.17, 15) is 0 Å². The third-order valence-corrected chi connectivity index (χ3v) is 2.19. The summed E-state index contributed by atoms with van der Waals surface area (Å²) in [6, 6.07) is 1.03. The molecule has 0 aliphatic heterocycles. The fourth-order valence-electron chi connectivity index (χ4n) is 1.17. The zero-order chi connectivity index (χ0) is 9.02. The van der Waals surface area contributed by atoms with E-state index in [4.69, 9.17) is 5.11 Å². The van der Waals surface area contributed by atoms with Crippen LogP contribution in [0.4, 0.5) is 0 Å². The second-order valence-corrected chi connectivity index (χ2v) is 3.69. The van der Waals surface area contributed by atoms with E-state index in [2.05, 4.69) is 32.7 Å². The molecule has 0 bridgehead atoms. The molecule has 0 radical (unpaired) electrons. The van der Waals surface area contributed by atoms with Crippen LogP contribution in [0.3, 0.4) is 0 Å². The van der Waals surface area contributed by atoms with Crippen molar-refractivity contribution in [3.05, 3.63) is 0 Å². The van der Waals surface area contributed by atoms with Crippen LogP contribution >= 0.6 is 0 Å². The number of rotatable bonds is 4. The number of nitrogens with zero attached hydrogens (tertiary/aromatic N) is 1. The van der Waals surface area contributed by atoms with Gasteiger partial charge in [0.15, 0.2) is 0 Å². The van der Waals surface area contributed by atoms with Crippen LogP contribution in [0.2, 0.25) is 0 Å². The van der Waals surface area contributed by atoms with Crippen molar-refractivity contribution in [1.82, 2.24) is 4.90 Å². The smallest absolute Gasteiger partial charge is 0.0526 e. The van der Waals surface area contributed by atoms with E-state index in [-0.39, 0.29) is 6.10 Å². The third-order valence-electron chi connectivity index (χ3n) is 2.19. The maximum atomic E-state index is 9.13. The standard InChI is InChI=1S/C9H21NO/c1-7(2)10(5)8(3)6-9(4)11/h7-9,11H,6H2,1-5H3. The molecule has 1 N–H and O–H groups in total. The number of aliphatic hydroxyl groups is 1. The Morgan fingerprint density at radius 3 is 1.91 bits per heavy atom. The molecule has 0 aromatic heterocycles. The SMILES string of the molecule is CC(O)CC(C)N(C)C(C)C. The molecule has 0 aromatic rings. The van der Waals surface area contributed by atoms with Gasteiger partial charge in [0, 0.05) is 12.1 Å². The lowest BCUT2D eigenvalue weighted by Gasteiger charge is -2.29. The van der Waals surface area contributed by atoms with Gasteiger partial charge in [-0.05, 0) is 41.2 Å². The average Bonchev–Trinajstić information content (AvgIpc) is 1.84. The molecular formula is C9H21NO. The molecule has 11 heavy (non-hydrogen) atoms. The minimum absolute atomic E-state index is 0.189. The zero-order valence-electron chi connectivity index (χ0n) is 8.33. The van der Waals surface area contributed by atoms with Crippen molar-refractivity contribution in [3.63, 3.8) is 0 Å². The summed E-state index contributed by atoms with van der Waals surface area (Å²) in [6.07, 6.45) is 0.667. The van der Waals surface area contributed by atoms with Gasteiger partial charge in [0.05, 0.1) is 6.10 Å². The molecule has 2 nitrogen and oxygen atoms in total. The Hall–Kier alpha value is -0.0800. The summed E-state index contributed by atoms with van der Waals surface area (Å²) in [5.41, 5.74) is 0. The molecule has 0 aromatic carbocycles. The van der Waals surface area contributed by atoms with E-state index in [0.29, 0.717) is 12.1 Å². The predicted molar refractivity (Wildman–Crippen MR) is 48.7 cm³/mol. The normalized spacial score (nSPS) is 17.5. The van der Waals surface area contributed by atoms with Crippen LogP contribution in [0.1, 0.15) is 34.1 Å². The number of hydrogen-bond donors (Lipinski definition) is 1. The van der Waals surface area contributed by atoms with Crippen molar-refractivity contribution in [2.45, 2.75) is 52.3 Å². The molecule has 0 amide bonds. The topological polar surface area (TPSA) is 23.5 Å². The predicted octanol–water partition coefficient (Wildman–Crippen LogP) is 1.49. The monoisotopic (exact) mass is 159 g/mol. The molecule has 0 saturated heterocycles. The second-order valence-electron chi connectivity index (χ2n) is 3.69. The van der Waals surface area contributed by atoms with Gasteiger partial charge in [-0.15, -0.1) is 0 Å². The summed E-state index contributed by atoms with van der Waals surface area (Å²) in [5.74, 6) is 0. The van der Waals surface area contributed by atoms with Gasteiger partial charge in [0.25, 0.3) is 0 Å². The highest BCUT2D eigenvalue weighted by Crippen LogP contribution is 2.07.